The van der Waals surface area contributed by atoms with Gasteiger partial charge in [-0.05, 0) is 30.3 Å². The first kappa shape index (κ1) is 12.8. The summed E-state index contributed by atoms with van der Waals surface area (Å²) in [7, 11) is 0. The van der Waals surface area contributed by atoms with E-state index in [4.69, 9.17) is 11.6 Å². The average molecular weight is 276 g/mol. The molecule has 0 saturated carbocycles. The molecule has 94 valence electrons. The summed E-state index contributed by atoms with van der Waals surface area (Å²) in [5, 5.41) is 0.285. The molecule has 6 heteroatoms. The Balaban J connectivity index is 2.43. The van der Waals surface area contributed by atoms with Crippen molar-refractivity contribution in [2.24, 2.45) is 0 Å². The van der Waals surface area contributed by atoms with Crippen LogP contribution in [0.5, 0.6) is 0 Å². The molecule has 0 saturated heterocycles. The molecule has 0 N–H and O–H groups in total. The van der Waals surface area contributed by atoms with Crippen molar-refractivity contribution >= 4 is 11.6 Å². The number of rotatable bonds is 1. The van der Waals surface area contributed by atoms with E-state index in [9.17, 15) is 17.6 Å². The van der Waals surface area contributed by atoms with Crippen LogP contribution in [0.25, 0.3) is 11.3 Å². The minimum atomic E-state index is -4.46. The number of benzene rings is 1. The van der Waals surface area contributed by atoms with Gasteiger partial charge in [-0.1, -0.05) is 11.6 Å². The molecule has 0 unspecified atom stereocenters. The summed E-state index contributed by atoms with van der Waals surface area (Å²) < 4.78 is 50.5. The lowest BCUT2D eigenvalue weighted by atomic mass is 10.1. The molecule has 0 aliphatic carbocycles. The zero-order chi connectivity index (χ0) is 13.3. The topological polar surface area (TPSA) is 12.9 Å². The van der Waals surface area contributed by atoms with E-state index in [1.165, 1.54) is 12.1 Å². The standard InChI is InChI=1S/C12H6ClF4N/c13-8-2-3-10(14)9(5-8)11-4-1-7(6-18-11)12(15,16)17/h1-6H. The number of alkyl halides is 3. The molecule has 0 fully saturated rings. The molecule has 0 aliphatic rings. The van der Waals surface area contributed by atoms with Crippen LogP contribution in [0.3, 0.4) is 0 Å². The monoisotopic (exact) mass is 275 g/mol. The summed E-state index contributed by atoms with van der Waals surface area (Å²) >= 11 is 5.70. The third kappa shape index (κ3) is 2.61. The van der Waals surface area contributed by atoms with Gasteiger partial charge in [0.25, 0.3) is 0 Å². The highest BCUT2D eigenvalue weighted by atomic mass is 35.5. The molecular formula is C12H6ClF4N. The second kappa shape index (κ2) is 4.57. The Morgan fingerprint density at radius 3 is 2.33 bits per heavy atom. The van der Waals surface area contributed by atoms with Crippen LogP contribution in [0.1, 0.15) is 5.56 Å². The highest BCUT2D eigenvalue weighted by Crippen LogP contribution is 2.30. The van der Waals surface area contributed by atoms with E-state index in [-0.39, 0.29) is 16.3 Å². The molecule has 1 aromatic carbocycles. The first-order valence-electron chi connectivity index (χ1n) is 4.86. The molecule has 0 atom stereocenters. The lowest BCUT2D eigenvalue weighted by Crippen LogP contribution is -2.05. The second-order valence-corrected chi connectivity index (χ2v) is 3.99. The van der Waals surface area contributed by atoms with Crippen molar-refractivity contribution in [2.45, 2.75) is 6.18 Å². The van der Waals surface area contributed by atoms with Crippen molar-refractivity contribution in [3.8, 4) is 11.3 Å². The van der Waals surface area contributed by atoms with E-state index < -0.39 is 17.6 Å². The summed E-state index contributed by atoms with van der Waals surface area (Å²) in [6.07, 6.45) is -3.80. The molecule has 0 amide bonds. The second-order valence-electron chi connectivity index (χ2n) is 3.55. The Morgan fingerprint density at radius 1 is 1.06 bits per heavy atom. The minimum Gasteiger partial charge on any atom is -0.256 e. The zero-order valence-electron chi connectivity index (χ0n) is 8.80. The predicted molar refractivity (Wildman–Crippen MR) is 59.6 cm³/mol. The Bertz CT molecular complexity index is 563. The molecule has 2 aromatic rings. The number of hydrogen-bond acceptors (Lipinski definition) is 1. The molecule has 1 nitrogen and oxygen atoms in total. The fourth-order valence-corrected chi connectivity index (χ4v) is 1.59. The van der Waals surface area contributed by atoms with Gasteiger partial charge in [-0.15, -0.1) is 0 Å². The highest BCUT2D eigenvalue weighted by Gasteiger charge is 2.30. The van der Waals surface area contributed by atoms with Gasteiger partial charge in [0, 0.05) is 16.8 Å². The molecule has 18 heavy (non-hydrogen) atoms. The lowest BCUT2D eigenvalue weighted by molar-refractivity contribution is -0.137. The normalized spacial score (nSPS) is 11.6. The summed E-state index contributed by atoms with van der Waals surface area (Å²) in [4.78, 5) is 3.60. The number of hydrogen-bond donors (Lipinski definition) is 0. The number of aromatic nitrogens is 1. The molecule has 1 heterocycles. The van der Waals surface area contributed by atoms with Gasteiger partial charge in [0.1, 0.15) is 5.82 Å². The van der Waals surface area contributed by atoms with Crippen LogP contribution >= 0.6 is 11.6 Å². The van der Waals surface area contributed by atoms with Gasteiger partial charge < -0.3 is 0 Å². The van der Waals surface area contributed by atoms with E-state index in [1.807, 2.05) is 0 Å². The maximum absolute atomic E-state index is 13.5. The fraction of sp³-hybridized carbons (Fsp3) is 0.0833. The molecule has 0 radical (unpaired) electrons. The Hall–Kier alpha value is -1.62. The third-order valence-electron chi connectivity index (χ3n) is 2.30. The minimum absolute atomic E-state index is 0.0659. The third-order valence-corrected chi connectivity index (χ3v) is 2.53. The molecule has 0 aliphatic heterocycles. The summed E-state index contributed by atoms with van der Waals surface area (Å²) in [5.74, 6) is -0.591. The van der Waals surface area contributed by atoms with Gasteiger partial charge in [0.05, 0.1) is 11.3 Å². The Morgan fingerprint density at radius 2 is 1.78 bits per heavy atom. The zero-order valence-corrected chi connectivity index (χ0v) is 9.56. The molecule has 1 aromatic heterocycles. The van der Waals surface area contributed by atoms with Gasteiger partial charge in [0.2, 0.25) is 0 Å². The van der Waals surface area contributed by atoms with Crippen LogP contribution in [-0.2, 0) is 6.18 Å². The first-order chi connectivity index (χ1) is 8.38. The van der Waals surface area contributed by atoms with Crippen molar-refractivity contribution in [1.82, 2.24) is 4.98 Å². The maximum atomic E-state index is 13.5. The van der Waals surface area contributed by atoms with Crippen LogP contribution in [0.4, 0.5) is 17.6 Å². The van der Waals surface area contributed by atoms with Crippen molar-refractivity contribution in [1.29, 1.82) is 0 Å². The highest BCUT2D eigenvalue weighted by molar-refractivity contribution is 6.30. The smallest absolute Gasteiger partial charge is 0.256 e. The van der Waals surface area contributed by atoms with Gasteiger partial charge in [-0.3, -0.25) is 4.98 Å². The number of nitrogens with zero attached hydrogens (tertiary/aromatic N) is 1. The van der Waals surface area contributed by atoms with E-state index in [0.717, 1.165) is 18.2 Å². The van der Waals surface area contributed by atoms with Crippen LogP contribution in [0.15, 0.2) is 36.5 Å². The van der Waals surface area contributed by atoms with Gasteiger partial charge in [-0.25, -0.2) is 4.39 Å². The SMILES string of the molecule is Fc1ccc(Cl)cc1-c1ccc(C(F)(F)F)cn1. The molecule has 2 rings (SSSR count). The summed E-state index contributed by atoms with van der Waals surface area (Å²) in [6.45, 7) is 0. The van der Waals surface area contributed by atoms with E-state index in [1.54, 1.807) is 0 Å². The van der Waals surface area contributed by atoms with Crippen LogP contribution in [-0.4, -0.2) is 4.98 Å². The van der Waals surface area contributed by atoms with Gasteiger partial charge in [-0.2, -0.15) is 13.2 Å². The quantitative estimate of drug-likeness (QED) is 0.695. The lowest BCUT2D eigenvalue weighted by Gasteiger charge is -2.07. The molecule has 0 bridgehead atoms. The van der Waals surface area contributed by atoms with E-state index in [0.29, 0.717) is 6.20 Å². The maximum Gasteiger partial charge on any atom is 0.417 e. The van der Waals surface area contributed by atoms with Crippen LogP contribution in [0, 0.1) is 5.82 Å². The van der Waals surface area contributed by atoms with Crippen LogP contribution in [0.2, 0.25) is 5.02 Å². The van der Waals surface area contributed by atoms with Gasteiger partial charge in [0.15, 0.2) is 0 Å². The first-order valence-corrected chi connectivity index (χ1v) is 5.24. The Labute approximate surface area is 105 Å². The number of halogens is 5. The summed E-state index contributed by atoms with van der Waals surface area (Å²) in [5.41, 5.74) is -0.715. The summed E-state index contributed by atoms with van der Waals surface area (Å²) in [6, 6.07) is 5.76. The molecule has 0 spiro atoms. The largest absolute Gasteiger partial charge is 0.417 e. The van der Waals surface area contributed by atoms with E-state index >= 15 is 0 Å². The number of pyridine rings is 1. The van der Waals surface area contributed by atoms with Crippen molar-refractivity contribution in [3.63, 3.8) is 0 Å². The van der Waals surface area contributed by atoms with Gasteiger partial charge >= 0.3 is 6.18 Å². The molecular weight excluding hydrogens is 270 g/mol. The Kier molecular flexibility index (Phi) is 3.26. The fourth-order valence-electron chi connectivity index (χ4n) is 1.41. The van der Waals surface area contributed by atoms with Crippen molar-refractivity contribution < 1.29 is 17.6 Å². The van der Waals surface area contributed by atoms with Crippen molar-refractivity contribution in [2.75, 3.05) is 0 Å². The van der Waals surface area contributed by atoms with Crippen molar-refractivity contribution in [3.05, 3.63) is 52.9 Å². The van der Waals surface area contributed by atoms with Crippen LogP contribution < -0.4 is 0 Å². The van der Waals surface area contributed by atoms with E-state index in [2.05, 4.69) is 4.98 Å². The average Bonchev–Trinajstić information content (AvgIpc) is 2.31. The predicted octanol–water partition coefficient (Wildman–Crippen LogP) is 4.56.